The van der Waals surface area contributed by atoms with E-state index in [4.69, 9.17) is 41.4 Å². The fourth-order valence-electron chi connectivity index (χ4n) is 4.50. The molecular formula is C38H36BBrN2O8. The maximum Gasteiger partial charge on any atom is 0.495 e. The zero-order chi connectivity index (χ0) is 36.5. The number of carbonyl (C=O) groups is 2. The lowest BCUT2D eigenvalue weighted by molar-refractivity contribution is -0.143. The van der Waals surface area contributed by atoms with Crippen molar-refractivity contribution in [3.63, 3.8) is 0 Å². The molecule has 0 spiro atoms. The first-order chi connectivity index (χ1) is 23.7. The lowest BCUT2D eigenvalue weighted by atomic mass is 9.76. The lowest BCUT2D eigenvalue weighted by Gasteiger charge is -2.32. The first-order valence-corrected chi connectivity index (χ1v) is 16.3. The summed E-state index contributed by atoms with van der Waals surface area (Å²) in [6, 6.07) is 24.7. The molecule has 50 heavy (non-hydrogen) atoms. The Morgan fingerprint density at radius 1 is 0.660 bits per heavy atom. The van der Waals surface area contributed by atoms with Gasteiger partial charge in [0.1, 0.15) is 36.2 Å². The van der Waals surface area contributed by atoms with E-state index in [-0.39, 0.29) is 25.2 Å². The normalized spacial score (nSPS) is 13.9. The maximum absolute atomic E-state index is 11.4. The number of carbonyl (C=O) groups excluding carboxylic acids is 2. The highest BCUT2D eigenvalue weighted by Crippen LogP contribution is 2.37. The minimum Gasteiger partial charge on any atom is -0.461 e. The van der Waals surface area contributed by atoms with Gasteiger partial charge >= 0.3 is 19.1 Å². The second-order valence-electron chi connectivity index (χ2n) is 12.2. The Morgan fingerprint density at radius 2 is 1.06 bits per heavy atom. The summed E-state index contributed by atoms with van der Waals surface area (Å²) in [6.45, 7) is 24.9. The van der Waals surface area contributed by atoms with Crippen molar-refractivity contribution in [2.45, 2.75) is 66.0 Å². The number of esters is 2. The molecule has 1 aliphatic rings. The third-order valence-electron chi connectivity index (χ3n) is 7.90. The van der Waals surface area contributed by atoms with Crippen molar-refractivity contribution in [1.82, 2.24) is 0 Å². The Morgan fingerprint density at radius 3 is 1.50 bits per heavy atom. The Hall–Kier alpha value is -5.14. The molecule has 0 bridgehead atoms. The summed E-state index contributed by atoms with van der Waals surface area (Å²) in [4.78, 5) is 28.9. The van der Waals surface area contributed by atoms with Gasteiger partial charge < -0.3 is 28.3 Å². The predicted octanol–water partition coefficient (Wildman–Crippen LogP) is 9.25. The van der Waals surface area contributed by atoms with Gasteiger partial charge in [-0.25, -0.2) is 9.69 Å². The molecule has 0 atom stereocenters. The van der Waals surface area contributed by atoms with Crippen LogP contribution in [-0.2, 0) is 41.6 Å². The predicted molar refractivity (Wildman–Crippen MR) is 193 cm³/mol. The van der Waals surface area contributed by atoms with E-state index in [1.165, 1.54) is 13.8 Å². The number of nitrogens with zero attached hydrogens (tertiary/aromatic N) is 2. The molecule has 1 heterocycles. The average molecular weight is 739 g/mol. The van der Waals surface area contributed by atoms with E-state index in [0.29, 0.717) is 34.4 Å². The van der Waals surface area contributed by atoms with Gasteiger partial charge in [0.25, 0.3) is 0 Å². The van der Waals surface area contributed by atoms with E-state index in [0.717, 1.165) is 21.1 Å². The fraction of sp³-hybridized carbons (Fsp3) is 0.263. The van der Waals surface area contributed by atoms with Gasteiger partial charge in [-0.1, -0.05) is 46.3 Å². The van der Waals surface area contributed by atoms with E-state index < -0.39 is 18.3 Å². The Bertz CT molecular complexity index is 1900. The molecular weight excluding hydrogens is 703 g/mol. The van der Waals surface area contributed by atoms with Gasteiger partial charge in [-0.15, -0.1) is 0 Å². The van der Waals surface area contributed by atoms with E-state index in [2.05, 4.69) is 25.6 Å². The van der Waals surface area contributed by atoms with Crippen molar-refractivity contribution in [2.24, 2.45) is 0 Å². The highest BCUT2D eigenvalue weighted by atomic mass is 79.9. The second-order valence-corrected chi connectivity index (χ2v) is 13.0. The molecule has 0 radical (unpaired) electrons. The molecule has 4 aromatic carbocycles. The number of ether oxygens (including phenoxy) is 4. The Labute approximate surface area is 301 Å². The molecule has 1 fully saturated rings. The van der Waals surface area contributed by atoms with Crippen LogP contribution in [0.5, 0.6) is 23.0 Å². The van der Waals surface area contributed by atoms with Crippen molar-refractivity contribution in [2.75, 3.05) is 0 Å². The van der Waals surface area contributed by atoms with Crippen LogP contribution in [0.3, 0.4) is 0 Å². The van der Waals surface area contributed by atoms with E-state index in [1.54, 1.807) is 54.6 Å². The quantitative estimate of drug-likeness (QED) is 0.0953. The summed E-state index contributed by atoms with van der Waals surface area (Å²) in [5.74, 6) is 1.77. The molecule has 10 nitrogen and oxygen atoms in total. The summed E-state index contributed by atoms with van der Waals surface area (Å²) >= 11 is 3.40. The third-order valence-corrected chi connectivity index (χ3v) is 8.68. The summed E-state index contributed by atoms with van der Waals surface area (Å²) in [6.07, 6.45) is 0. The summed E-state index contributed by atoms with van der Waals surface area (Å²) in [5, 5.41) is 0. The fourth-order valence-corrected chi connectivity index (χ4v) is 4.87. The minimum absolute atomic E-state index is 0.0859. The first kappa shape index (κ1) is 37.7. The van der Waals surface area contributed by atoms with Crippen molar-refractivity contribution < 1.29 is 37.8 Å². The molecule has 0 N–H and O–H groups in total. The monoisotopic (exact) mass is 738 g/mol. The smallest absolute Gasteiger partial charge is 0.461 e. The molecule has 0 aliphatic carbocycles. The average Bonchev–Trinajstić information content (AvgIpc) is 3.30. The number of rotatable bonds is 9. The van der Waals surface area contributed by atoms with E-state index >= 15 is 0 Å². The highest BCUT2D eigenvalue weighted by Gasteiger charge is 2.52. The maximum atomic E-state index is 11.4. The Kier molecular flexibility index (Phi) is 12.4. The number of hydrogen-bond acceptors (Lipinski definition) is 8. The van der Waals surface area contributed by atoms with Gasteiger partial charge in [-0.05, 0) is 93.3 Å². The standard InChI is InChI=1S/C22H24BNO5.C16H12BrNO3/c1-15(25)26-14-16-13-19(27-18-9-7-17(24-6)8-10-18)11-12-20(16)23-28-21(2,3)22(4,5)29-23;1-11(19)20-10-12-9-15(7-8-16(12)17)21-14-5-3-13(18-2)4-6-14/h7-13H,14H2,1-5H3;3-9H,10H2,1H3. The van der Waals surface area contributed by atoms with Crippen LogP contribution in [-0.4, -0.2) is 30.3 Å². The number of benzene rings is 4. The van der Waals surface area contributed by atoms with Crippen molar-refractivity contribution >= 4 is 51.8 Å². The summed E-state index contributed by atoms with van der Waals surface area (Å²) < 4.78 is 35.0. The largest absolute Gasteiger partial charge is 0.495 e. The molecule has 256 valence electrons. The first-order valence-electron chi connectivity index (χ1n) is 15.5. The van der Waals surface area contributed by atoms with E-state index in [1.807, 2.05) is 58.0 Å². The van der Waals surface area contributed by atoms with Gasteiger partial charge in [0, 0.05) is 23.9 Å². The zero-order valence-corrected chi connectivity index (χ0v) is 30.2. The molecule has 5 rings (SSSR count). The topological polar surface area (TPSA) is 98.2 Å². The minimum atomic E-state index is -0.572. The van der Waals surface area contributed by atoms with Crippen LogP contribution in [0, 0.1) is 13.1 Å². The zero-order valence-electron chi connectivity index (χ0n) is 28.6. The lowest BCUT2D eigenvalue weighted by Crippen LogP contribution is -2.41. The van der Waals surface area contributed by atoms with Crippen LogP contribution in [0.1, 0.15) is 52.7 Å². The molecule has 0 unspecified atom stereocenters. The molecule has 12 heteroatoms. The number of halogens is 1. The van der Waals surface area contributed by atoms with Crippen LogP contribution < -0.4 is 14.9 Å². The highest BCUT2D eigenvalue weighted by molar-refractivity contribution is 9.10. The van der Waals surface area contributed by atoms with Gasteiger partial charge in [-0.2, -0.15) is 0 Å². The molecule has 0 aromatic heterocycles. The molecule has 0 saturated carbocycles. The Balaban J connectivity index is 0.000000237. The number of hydrogen-bond donors (Lipinski definition) is 0. The molecule has 1 aliphatic heterocycles. The summed E-state index contributed by atoms with van der Waals surface area (Å²) in [5.41, 5.74) is 2.51. The second kappa shape index (κ2) is 16.5. The molecule has 4 aromatic rings. The van der Waals surface area contributed by atoms with Crippen LogP contribution in [0.15, 0.2) is 89.4 Å². The van der Waals surface area contributed by atoms with Gasteiger partial charge in [0.05, 0.1) is 24.3 Å². The van der Waals surface area contributed by atoms with Crippen LogP contribution in [0.25, 0.3) is 9.69 Å². The SMILES string of the molecule is [C-]#[N+]c1ccc(Oc2ccc(B3OC(C)(C)C(C)(C)O3)c(COC(C)=O)c2)cc1.[C-]#[N+]c1ccc(Oc2ccc(Br)c(COC(C)=O)c2)cc1. The van der Waals surface area contributed by atoms with Gasteiger partial charge in [0.2, 0.25) is 0 Å². The van der Waals surface area contributed by atoms with Crippen molar-refractivity contribution in [1.29, 1.82) is 0 Å². The molecule has 1 saturated heterocycles. The van der Waals surface area contributed by atoms with Crippen LogP contribution >= 0.6 is 15.9 Å². The van der Waals surface area contributed by atoms with Crippen molar-refractivity contribution in [3.05, 3.63) is 123 Å². The van der Waals surface area contributed by atoms with E-state index in [9.17, 15) is 9.59 Å². The molecule has 0 amide bonds. The summed E-state index contributed by atoms with van der Waals surface area (Å²) in [7, 11) is -0.572. The van der Waals surface area contributed by atoms with Crippen molar-refractivity contribution in [3.8, 4) is 23.0 Å². The van der Waals surface area contributed by atoms with Crippen LogP contribution in [0.4, 0.5) is 11.4 Å². The van der Waals surface area contributed by atoms with Gasteiger partial charge in [0.15, 0.2) is 11.4 Å². The third kappa shape index (κ3) is 10.2. The van der Waals surface area contributed by atoms with Crippen LogP contribution in [0.2, 0.25) is 0 Å². The van der Waals surface area contributed by atoms with Gasteiger partial charge in [-0.3, -0.25) is 9.59 Å².